The predicted molar refractivity (Wildman–Crippen MR) is 84.6 cm³/mol. The van der Waals surface area contributed by atoms with Gasteiger partial charge in [0.15, 0.2) is 0 Å². The molecule has 0 aliphatic carbocycles. The third-order valence-corrected chi connectivity index (χ3v) is 5.40. The van der Waals surface area contributed by atoms with Gasteiger partial charge in [0.25, 0.3) is 0 Å². The maximum Gasteiger partial charge on any atom is 0.123 e. The SMILES string of the molecule is Cc1nc(-c2ccc(Br)cc2)sc1C1CCCCN1. The van der Waals surface area contributed by atoms with Crippen molar-refractivity contribution in [3.8, 4) is 10.6 Å². The Morgan fingerprint density at radius 3 is 2.74 bits per heavy atom. The second-order valence-corrected chi connectivity index (χ2v) is 6.92. The van der Waals surface area contributed by atoms with Crippen molar-refractivity contribution in [3.63, 3.8) is 0 Å². The Bertz CT molecular complexity index is 556. The summed E-state index contributed by atoms with van der Waals surface area (Å²) in [6.07, 6.45) is 3.86. The lowest BCUT2D eigenvalue weighted by Gasteiger charge is -2.22. The van der Waals surface area contributed by atoms with Gasteiger partial charge in [0, 0.05) is 21.0 Å². The summed E-state index contributed by atoms with van der Waals surface area (Å²) in [4.78, 5) is 6.16. The lowest BCUT2D eigenvalue weighted by atomic mass is 10.0. The second kappa shape index (κ2) is 5.73. The fourth-order valence-corrected chi connectivity index (χ4v) is 3.97. The Hall–Kier alpha value is -0.710. The van der Waals surface area contributed by atoms with Crippen LogP contribution >= 0.6 is 27.3 Å². The number of thiazole rings is 1. The van der Waals surface area contributed by atoms with Crippen molar-refractivity contribution in [1.82, 2.24) is 10.3 Å². The largest absolute Gasteiger partial charge is 0.309 e. The number of nitrogens with one attached hydrogen (secondary N) is 1. The summed E-state index contributed by atoms with van der Waals surface area (Å²) in [5.41, 5.74) is 2.39. The number of piperidine rings is 1. The van der Waals surface area contributed by atoms with Crippen LogP contribution in [-0.2, 0) is 0 Å². The molecule has 1 aromatic heterocycles. The highest BCUT2D eigenvalue weighted by Gasteiger charge is 2.20. The van der Waals surface area contributed by atoms with Gasteiger partial charge in [-0.3, -0.25) is 0 Å². The molecule has 2 aromatic rings. The van der Waals surface area contributed by atoms with Gasteiger partial charge in [-0.05, 0) is 38.4 Å². The van der Waals surface area contributed by atoms with Gasteiger partial charge in [-0.15, -0.1) is 11.3 Å². The monoisotopic (exact) mass is 336 g/mol. The standard InChI is InChI=1S/C15H17BrN2S/c1-10-14(13-4-2-3-9-17-13)19-15(18-10)11-5-7-12(16)8-6-11/h5-8,13,17H,2-4,9H2,1H3. The molecule has 3 rings (SSSR count). The Morgan fingerprint density at radius 2 is 2.05 bits per heavy atom. The Labute approximate surface area is 126 Å². The summed E-state index contributed by atoms with van der Waals surface area (Å²) in [5, 5.41) is 4.74. The van der Waals surface area contributed by atoms with Gasteiger partial charge in [-0.1, -0.05) is 34.5 Å². The molecule has 1 N–H and O–H groups in total. The predicted octanol–water partition coefficient (Wildman–Crippen LogP) is 4.70. The Balaban J connectivity index is 1.90. The zero-order chi connectivity index (χ0) is 13.2. The molecule has 2 nitrogen and oxygen atoms in total. The van der Waals surface area contributed by atoms with Crippen molar-refractivity contribution in [3.05, 3.63) is 39.3 Å². The van der Waals surface area contributed by atoms with Crippen LogP contribution in [0.25, 0.3) is 10.6 Å². The summed E-state index contributed by atoms with van der Waals surface area (Å²) >= 11 is 5.31. The van der Waals surface area contributed by atoms with E-state index in [0.717, 1.165) is 16.0 Å². The first-order valence-electron chi connectivity index (χ1n) is 6.70. The van der Waals surface area contributed by atoms with Crippen molar-refractivity contribution < 1.29 is 0 Å². The van der Waals surface area contributed by atoms with Gasteiger partial charge >= 0.3 is 0 Å². The average molecular weight is 337 g/mol. The highest BCUT2D eigenvalue weighted by Crippen LogP contribution is 2.35. The molecule has 1 unspecified atom stereocenters. The van der Waals surface area contributed by atoms with Crippen LogP contribution < -0.4 is 5.32 Å². The molecule has 1 atom stereocenters. The van der Waals surface area contributed by atoms with Crippen LogP contribution in [0, 0.1) is 6.92 Å². The van der Waals surface area contributed by atoms with Crippen LogP contribution in [0.3, 0.4) is 0 Å². The number of nitrogens with zero attached hydrogens (tertiary/aromatic N) is 1. The van der Waals surface area contributed by atoms with E-state index in [4.69, 9.17) is 4.98 Å². The van der Waals surface area contributed by atoms with Crippen LogP contribution in [0.15, 0.2) is 28.7 Å². The van der Waals surface area contributed by atoms with Gasteiger partial charge in [0.2, 0.25) is 0 Å². The van der Waals surface area contributed by atoms with Gasteiger partial charge in [-0.25, -0.2) is 4.98 Å². The van der Waals surface area contributed by atoms with Gasteiger partial charge < -0.3 is 5.32 Å². The minimum atomic E-state index is 0.510. The molecule has 1 saturated heterocycles. The molecule has 19 heavy (non-hydrogen) atoms. The fraction of sp³-hybridized carbons (Fsp3) is 0.400. The molecule has 0 amide bonds. The molecule has 0 spiro atoms. The fourth-order valence-electron chi connectivity index (χ4n) is 2.52. The number of benzene rings is 1. The highest BCUT2D eigenvalue weighted by atomic mass is 79.9. The van der Waals surface area contributed by atoms with Crippen LogP contribution in [0.2, 0.25) is 0 Å². The molecule has 0 bridgehead atoms. The van der Waals surface area contributed by atoms with E-state index in [-0.39, 0.29) is 0 Å². The van der Waals surface area contributed by atoms with Crippen LogP contribution in [0.1, 0.15) is 35.9 Å². The van der Waals surface area contributed by atoms with Crippen molar-refractivity contribution in [2.75, 3.05) is 6.54 Å². The third kappa shape index (κ3) is 2.91. The number of hydrogen-bond donors (Lipinski definition) is 1. The van der Waals surface area contributed by atoms with Gasteiger partial charge in [0.1, 0.15) is 5.01 Å². The first-order valence-corrected chi connectivity index (χ1v) is 8.31. The number of rotatable bonds is 2. The third-order valence-electron chi connectivity index (χ3n) is 3.55. The van der Waals surface area contributed by atoms with E-state index in [9.17, 15) is 0 Å². The van der Waals surface area contributed by atoms with Crippen molar-refractivity contribution in [1.29, 1.82) is 0 Å². The molecule has 1 aromatic carbocycles. The Kier molecular flexibility index (Phi) is 4.01. The molecule has 1 fully saturated rings. The van der Waals surface area contributed by atoms with Crippen molar-refractivity contribution in [2.24, 2.45) is 0 Å². The van der Waals surface area contributed by atoms with E-state index >= 15 is 0 Å². The normalized spacial score (nSPS) is 19.6. The van der Waals surface area contributed by atoms with Crippen LogP contribution in [0.5, 0.6) is 0 Å². The summed E-state index contributed by atoms with van der Waals surface area (Å²) < 4.78 is 1.11. The lowest BCUT2D eigenvalue weighted by Crippen LogP contribution is -2.26. The van der Waals surface area contributed by atoms with E-state index in [0.29, 0.717) is 6.04 Å². The number of hydrogen-bond acceptors (Lipinski definition) is 3. The van der Waals surface area contributed by atoms with Crippen LogP contribution in [-0.4, -0.2) is 11.5 Å². The number of aryl methyl sites for hydroxylation is 1. The highest BCUT2D eigenvalue weighted by molar-refractivity contribution is 9.10. The van der Waals surface area contributed by atoms with Crippen molar-refractivity contribution >= 4 is 27.3 Å². The summed E-state index contributed by atoms with van der Waals surface area (Å²) in [6.45, 7) is 3.26. The molecule has 4 heteroatoms. The van der Waals surface area contributed by atoms with E-state index in [1.165, 1.54) is 35.4 Å². The van der Waals surface area contributed by atoms with Crippen LogP contribution in [0.4, 0.5) is 0 Å². The maximum atomic E-state index is 4.75. The van der Waals surface area contributed by atoms with E-state index < -0.39 is 0 Å². The quantitative estimate of drug-likeness (QED) is 0.859. The molecule has 1 aliphatic rings. The van der Waals surface area contributed by atoms with Crippen molar-refractivity contribution in [2.45, 2.75) is 32.2 Å². The summed E-state index contributed by atoms with van der Waals surface area (Å²) in [7, 11) is 0. The molecule has 100 valence electrons. The Morgan fingerprint density at radius 1 is 1.26 bits per heavy atom. The minimum absolute atomic E-state index is 0.510. The molecule has 0 radical (unpaired) electrons. The molecule has 0 saturated carbocycles. The van der Waals surface area contributed by atoms with Gasteiger partial charge in [0.05, 0.1) is 5.69 Å². The van der Waals surface area contributed by atoms with E-state index in [1.54, 1.807) is 0 Å². The van der Waals surface area contributed by atoms with E-state index in [2.05, 4.69) is 52.4 Å². The van der Waals surface area contributed by atoms with Gasteiger partial charge in [-0.2, -0.15) is 0 Å². The first kappa shape index (κ1) is 13.3. The first-order chi connectivity index (χ1) is 9.24. The molecule has 2 heterocycles. The minimum Gasteiger partial charge on any atom is -0.309 e. The topological polar surface area (TPSA) is 24.9 Å². The zero-order valence-corrected chi connectivity index (χ0v) is 13.4. The summed E-state index contributed by atoms with van der Waals surface area (Å²) in [6, 6.07) is 8.91. The molecular formula is C15H17BrN2S. The number of halogens is 1. The zero-order valence-electron chi connectivity index (χ0n) is 10.9. The maximum absolute atomic E-state index is 4.75. The summed E-state index contributed by atoms with van der Waals surface area (Å²) in [5.74, 6) is 0. The second-order valence-electron chi connectivity index (χ2n) is 4.98. The molecule has 1 aliphatic heterocycles. The average Bonchev–Trinajstić information content (AvgIpc) is 2.83. The molecular weight excluding hydrogens is 320 g/mol. The smallest absolute Gasteiger partial charge is 0.123 e. The lowest BCUT2D eigenvalue weighted by molar-refractivity contribution is 0.415. The van der Waals surface area contributed by atoms with E-state index in [1.807, 2.05) is 11.3 Å². The number of aromatic nitrogens is 1.